The van der Waals surface area contributed by atoms with Crippen LogP contribution in [0, 0.1) is 18.5 Å². The summed E-state index contributed by atoms with van der Waals surface area (Å²) < 4.78 is 13.5. The summed E-state index contributed by atoms with van der Waals surface area (Å²) in [6, 6.07) is 14.0. The van der Waals surface area contributed by atoms with Gasteiger partial charge < -0.3 is 14.8 Å². The maximum Gasteiger partial charge on any atom is 0.262 e. The molecule has 1 amide bonds. The number of hydrogen-bond acceptors (Lipinski definition) is 4. The Hall–Kier alpha value is -1.80. The predicted octanol–water partition coefficient (Wildman–Crippen LogP) is 5.45. The molecule has 1 saturated carbocycles. The fraction of sp³-hybridized carbons (Fsp3) is 0.304. The Labute approximate surface area is 204 Å². The van der Waals surface area contributed by atoms with E-state index in [1.54, 1.807) is 19.3 Å². The van der Waals surface area contributed by atoms with Crippen LogP contribution >= 0.6 is 45.2 Å². The highest BCUT2D eigenvalue weighted by Crippen LogP contribution is 2.35. The van der Waals surface area contributed by atoms with E-state index in [4.69, 9.17) is 9.47 Å². The maximum absolute atomic E-state index is 12.5. The lowest BCUT2D eigenvalue weighted by Gasteiger charge is -2.14. The molecule has 1 N–H and O–H groups in total. The van der Waals surface area contributed by atoms with Crippen molar-refractivity contribution in [2.75, 3.05) is 7.11 Å². The third-order valence-electron chi connectivity index (χ3n) is 4.91. The number of ether oxygens (including phenoxy) is 2. The number of halogens is 2. The molecule has 0 heterocycles. The van der Waals surface area contributed by atoms with Crippen LogP contribution in [0.4, 0.5) is 0 Å². The average molecular weight is 628 g/mol. The largest absolute Gasteiger partial charge is 0.493 e. The van der Waals surface area contributed by atoms with Crippen LogP contribution in [-0.4, -0.2) is 19.1 Å². The van der Waals surface area contributed by atoms with Gasteiger partial charge in [-0.3, -0.25) is 4.79 Å². The van der Waals surface area contributed by atoms with Crippen LogP contribution in [0.1, 0.15) is 36.8 Å². The van der Waals surface area contributed by atoms with Crippen LogP contribution in [0.3, 0.4) is 0 Å². The van der Waals surface area contributed by atoms with E-state index < -0.39 is 0 Å². The number of amides is 1. The third-order valence-corrected chi connectivity index (χ3v) is 6.44. The zero-order valence-electron chi connectivity index (χ0n) is 16.6. The molecule has 3 rings (SSSR count). The van der Waals surface area contributed by atoms with Gasteiger partial charge in [-0.15, -0.1) is 0 Å². The Morgan fingerprint density at radius 1 is 1.23 bits per heavy atom. The zero-order chi connectivity index (χ0) is 21.5. The van der Waals surface area contributed by atoms with Gasteiger partial charge in [0.2, 0.25) is 0 Å². The van der Waals surface area contributed by atoms with Gasteiger partial charge in [0.1, 0.15) is 18.2 Å². The van der Waals surface area contributed by atoms with Gasteiger partial charge in [-0.05, 0) is 99.5 Å². The standard InChI is InChI=1S/C23H22I2N2O3/c1-29-21-12-16(10-17(13-26)23(28)27-19-4-2-3-5-19)11-20(25)22(21)30-14-15-6-8-18(24)9-7-15/h6-12,19H,2-5,14H2,1H3,(H,27,28)/b17-10-. The van der Waals surface area contributed by atoms with E-state index in [0.29, 0.717) is 18.1 Å². The normalized spacial score (nSPS) is 14.3. The summed E-state index contributed by atoms with van der Waals surface area (Å²) in [5, 5.41) is 12.4. The minimum absolute atomic E-state index is 0.0901. The molecule has 156 valence electrons. The minimum Gasteiger partial charge on any atom is -0.493 e. The molecule has 2 aromatic carbocycles. The Morgan fingerprint density at radius 3 is 2.57 bits per heavy atom. The highest BCUT2D eigenvalue weighted by atomic mass is 127. The average Bonchev–Trinajstić information content (AvgIpc) is 3.25. The number of carbonyl (C=O) groups excluding carboxylic acids is 1. The number of nitrogens with zero attached hydrogens (tertiary/aromatic N) is 1. The van der Waals surface area contributed by atoms with Crippen LogP contribution in [0.2, 0.25) is 0 Å². The molecule has 0 atom stereocenters. The Bertz CT molecular complexity index is 975. The summed E-state index contributed by atoms with van der Waals surface area (Å²) in [6.45, 7) is 0.422. The molecule has 0 bridgehead atoms. The first-order valence-corrected chi connectivity index (χ1v) is 11.8. The van der Waals surface area contributed by atoms with Crippen LogP contribution in [0.15, 0.2) is 42.0 Å². The first kappa shape index (κ1) is 22.9. The number of nitriles is 1. The molecule has 1 fully saturated rings. The van der Waals surface area contributed by atoms with Crippen molar-refractivity contribution in [3.63, 3.8) is 0 Å². The van der Waals surface area contributed by atoms with Crippen molar-refractivity contribution < 1.29 is 14.3 Å². The van der Waals surface area contributed by atoms with E-state index in [2.05, 4.69) is 50.5 Å². The molecule has 0 aliphatic heterocycles. The lowest BCUT2D eigenvalue weighted by Crippen LogP contribution is -2.33. The van der Waals surface area contributed by atoms with Gasteiger partial charge in [-0.1, -0.05) is 25.0 Å². The van der Waals surface area contributed by atoms with Gasteiger partial charge in [0.05, 0.1) is 10.7 Å². The number of hydrogen-bond donors (Lipinski definition) is 1. The topological polar surface area (TPSA) is 71.3 Å². The van der Waals surface area contributed by atoms with Crippen LogP contribution in [0.5, 0.6) is 11.5 Å². The lowest BCUT2D eigenvalue weighted by atomic mass is 10.1. The smallest absolute Gasteiger partial charge is 0.262 e. The van der Waals surface area contributed by atoms with Crippen molar-refractivity contribution in [3.05, 3.63) is 60.2 Å². The molecular weight excluding hydrogens is 606 g/mol. The SMILES string of the molecule is COc1cc(/C=C(/C#N)C(=O)NC2CCCC2)cc(I)c1OCc1ccc(I)cc1. The second-order valence-electron chi connectivity index (χ2n) is 7.07. The quantitative estimate of drug-likeness (QED) is 0.252. The summed E-state index contributed by atoms with van der Waals surface area (Å²) in [5.74, 6) is 0.882. The molecule has 30 heavy (non-hydrogen) atoms. The van der Waals surface area contributed by atoms with Gasteiger partial charge in [0, 0.05) is 9.61 Å². The Balaban J connectivity index is 1.77. The first-order valence-electron chi connectivity index (χ1n) is 9.67. The van der Waals surface area contributed by atoms with E-state index in [1.807, 2.05) is 36.4 Å². The zero-order valence-corrected chi connectivity index (χ0v) is 20.9. The Morgan fingerprint density at radius 2 is 1.93 bits per heavy atom. The molecule has 1 aliphatic carbocycles. The van der Waals surface area contributed by atoms with E-state index in [9.17, 15) is 10.1 Å². The summed E-state index contributed by atoms with van der Waals surface area (Å²) in [4.78, 5) is 12.5. The first-order chi connectivity index (χ1) is 14.5. The molecule has 2 aromatic rings. The second-order valence-corrected chi connectivity index (χ2v) is 9.48. The summed E-state index contributed by atoms with van der Waals surface area (Å²) in [7, 11) is 1.58. The number of carbonyl (C=O) groups is 1. The summed E-state index contributed by atoms with van der Waals surface area (Å²) >= 11 is 4.45. The van der Waals surface area contributed by atoms with Crippen LogP contribution in [-0.2, 0) is 11.4 Å². The molecule has 5 nitrogen and oxygen atoms in total. The van der Waals surface area contributed by atoms with E-state index in [1.165, 1.54) is 3.57 Å². The summed E-state index contributed by atoms with van der Waals surface area (Å²) in [5.41, 5.74) is 1.87. The number of rotatable bonds is 7. The monoisotopic (exact) mass is 628 g/mol. The molecular formula is C23H22I2N2O3. The molecule has 7 heteroatoms. The minimum atomic E-state index is -0.322. The summed E-state index contributed by atoms with van der Waals surface area (Å²) in [6.07, 6.45) is 5.79. The second kappa shape index (κ2) is 11.0. The molecule has 0 aromatic heterocycles. The van der Waals surface area contributed by atoms with Crippen LogP contribution < -0.4 is 14.8 Å². The van der Waals surface area contributed by atoms with Crippen molar-refractivity contribution in [1.29, 1.82) is 5.26 Å². The van der Waals surface area contributed by atoms with Crippen molar-refractivity contribution in [1.82, 2.24) is 5.32 Å². The number of methoxy groups -OCH3 is 1. The van der Waals surface area contributed by atoms with Crippen LogP contribution in [0.25, 0.3) is 6.08 Å². The van der Waals surface area contributed by atoms with E-state index in [-0.39, 0.29) is 17.5 Å². The molecule has 1 aliphatic rings. The molecule has 0 unspecified atom stereocenters. The lowest BCUT2D eigenvalue weighted by molar-refractivity contribution is -0.117. The Kier molecular flexibility index (Phi) is 8.39. The third kappa shape index (κ3) is 6.11. The van der Waals surface area contributed by atoms with E-state index >= 15 is 0 Å². The highest BCUT2D eigenvalue weighted by molar-refractivity contribution is 14.1. The molecule has 0 radical (unpaired) electrons. The number of nitrogens with one attached hydrogen (secondary N) is 1. The molecule has 0 spiro atoms. The number of benzene rings is 2. The van der Waals surface area contributed by atoms with Gasteiger partial charge in [-0.2, -0.15) is 5.26 Å². The van der Waals surface area contributed by atoms with Crippen molar-refractivity contribution >= 4 is 57.2 Å². The fourth-order valence-electron chi connectivity index (χ4n) is 3.35. The fourth-order valence-corrected chi connectivity index (χ4v) is 4.49. The predicted molar refractivity (Wildman–Crippen MR) is 133 cm³/mol. The maximum atomic E-state index is 12.5. The van der Waals surface area contributed by atoms with Gasteiger partial charge >= 0.3 is 0 Å². The van der Waals surface area contributed by atoms with Gasteiger partial charge in [-0.25, -0.2) is 0 Å². The van der Waals surface area contributed by atoms with E-state index in [0.717, 1.165) is 40.4 Å². The van der Waals surface area contributed by atoms with Crippen molar-refractivity contribution in [2.45, 2.75) is 38.3 Å². The molecule has 0 saturated heterocycles. The van der Waals surface area contributed by atoms with Gasteiger partial charge in [0.25, 0.3) is 5.91 Å². The highest BCUT2D eigenvalue weighted by Gasteiger charge is 2.20. The van der Waals surface area contributed by atoms with Gasteiger partial charge in [0.15, 0.2) is 11.5 Å². The van der Waals surface area contributed by atoms with Crippen molar-refractivity contribution in [3.8, 4) is 17.6 Å². The van der Waals surface area contributed by atoms with Crippen molar-refractivity contribution in [2.24, 2.45) is 0 Å².